The van der Waals surface area contributed by atoms with Gasteiger partial charge >= 0.3 is 12.1 Å². The summed E-state index contributed by atoms with van der Waals surface area (Å²) in [6.45, 7) is 1.79. The first-order valence-corrected chi connectivity index (χ1v) is 7.96. The second-order valence-electron chi connectivity index (χ2n) is 6.04. The van der Waals surface area contributed by atoms with E-state index in [9.17, 15) is 22.8 Å². The molecule has 3 rings (SSSR count). The van der Waals surface area contributed by atoms with Gasteiger partial charge in [-0.05, 0) is 36.8 Å². The Kier molecular flexibility index (Phi) is 4.73. The molecule has 0 unspecified atom stereocenters. The summed E-state index contributed by atoms with van der Waals surface area (Å²) in [7, 11) is 1.20. The number of hydrogen-bond donors (Lipinski definition) is 1. The van der Waals surface area contributed by atoms with Gasteiger partial charge in [0.25, 0.3) is 0 Å². The van der Waals surface area contributed by atoms with E-state index >= 15 is 0 Å². The van der Waals surface area contributed by atoms with Gasteiger partial charge in [-0.2, -0.15) is 13.2 Å². The Morgan fingerprint density at radius 1 is 1.19 bits per heavy atom. The number of halogens is 3. The van der Waals surface area contributed by atoms with E-state index in [1.54, 1.807) is 19.1 Å². The molecule has 0 radical (unpaired) electrons. The molecule has 0 aliphatic rings. The second-order valence-corrected chi connectivity index (χ2v) is 6.04. The predicted octanol–water partition coefficient (Wildman–Crippen LogP) is 3.84. The van der Waals surface area contributed by atoms with E-state index in [-0.39, 0.29) is 28.9 Å². The molecule has 140 valence electrons. The number of aromatic amines is 1. The summed E-state index contributed by atoms with van der Waals surface area (Å²) in [5.41, 5.74) is 0.488. The number of aromatic nitrogens is 2. The van der Waals surface area contributed by atoms with E-state index in [1.807, 2.05) is 0 Å². The number of ether oxygens (including phenoxy) is 1. The van der Waals surface area contributed by atoms with Crippen molar-refractivity contribution in [3.63, 3.8) is 0 Å². The van der Waals surface area contributed by atoms with Crippen LogP contribution in [0.15, 0.2) is 36.5 Å². The van der Waals surface area contributed by atoms with Crippen LogP contribution in [0, 0.1) is 6.92 Å². The number of carbonyl (C=O) groups is 2. The van der Waals surface area contributed by atoms with Crippen LogP contribution in [-0.4, -0.2) is 28.8 Å². The molecule has 2 heterocycles. The zero-order valence-corrected chi connectivity index (χ0v) is 14.5. The fourth-order valence-electron chi connectivity index (χ4n) is 2.81. The standard InChI is InChI=1S/C19H15F3N2O3/c1-10-5-6-23-15(7-10)18(26)17-13(9-16(25)27-2)12-4-3-11(19(20,21)22)8-14(12)24-17/h3-8,24H,9H2,1-2H3. The molecule has 0 amide bonds. The maximum absolute atomic E-state index is 13.0. The van der Waals surface area contributed by atoms with Gasteiger partial charge in [0.2, 0.25) is 5.78 Å². The molecule has 0 fully saturated rings. The number of carbonyl (C=O) groups excluding carboxylic acids is 2. The molecule has 5 nitrogen and oxygen atoms in total. The number of alkyl halides is 3. The molecule has 0 saturated carbocycles. The second kappa shape index (κ2) is 6.86. The Bertz CT molecular complexity index is 1040. The van der Waals surface area contributed by atoms with Crippen LogP contribution in [0.3, 0.4) is 0 Å². The lowest BCUT2D eigenvalue weighted by Gasteiger charge is -2.06. The number of benzene rings is 1. The topological polar surface area (TPSA) is 72.1 Å². The molecule has 1 aromatic carbocycles. The van der Waals surface area contributed by atoms with Crippen molar-refractivity contribution in [1.82, 2.24) is 9.97 Å². The lowest BCUT2D eigenvalue weighted by molar-refractivity contribution is -0.140. The van der Waals surface area contributed by atoms with E-state index < -0.39 is 23.5 Å². The van der Waals surface area contributed by atoms with Crippen molar-refractivity contribution in [1.29, 1.82) is 0 Å². The van der Waals surface area contributed by atoms with Crippen molar-refractivity contribution in [3.05, 3.63) is 64.6 Å². The Balaban J connectivity index is 2.18. The average Bonchev–Trinajstić information content (AvgIpc) is 2.98. The molecular formula is C19H15F3N2O3. The van der Waals surface area contributed by atoms with Gasteiger partial charge in [-0.3, -0.25) is 14.6 Å². The van der Waals surface area contributed by atoms with Crippen molar-refractivity contribution >= 4 is 22.7 Å². The largest absolute Gasteiger partial charge is 0.469 e. The van der Waals surface area contributed by atoms with Gasteiger partial charge in [-0.25, -0.2) is 0 Å². The summed E-state index contributed by atoms with van der Waals surface area (Å²) in [5, 5.41) is 0.351. The highest BCUT2D eigenvalue weighted by Crippen LogP contribution is 2.33. The first-order chi connectivity index (χ1) is 12.7. The first kappa shape index (κ1) is 18.6. The molecule has 1 N–H and O–H groups in total. The van der Waals surface area contributed by atoms with Gasteiger partial charge < -0.3 is 9.72 Å². The molecule has 3 aromatic rings. The highest BCUT2D eigenvalue weighted by molar-refractivity contribution is 6.11. The zero-order valence-electron chi connectivity index (χ0n) is 14.5. The number of pyridine rings is 1. The number of nitrogens with one attached hydrogen (secondary N) is 1. The van der Waals surface area contributed by atoms with Crippen LogP contribution in [0.1, 0.15) is 32.9 Å². The molecule has 0 aliphatic heterocycles. The number of ketones is 1. The van der Waals surface area contributed by atoms with Crippen LogP contribution in [0.4, 0.5) is 13.2 Å². The van der Waals surface area contributed by atoms with Gasteiger partial charge in [0.1, 0.15) is 5.69 Å². The van der Waals surface area contributed by atoms with Gasteiger partial charge in [0, 0.05) is 22.7 Å². The zero-order chi connectivity index (χ0) is 19.8. The number of nitrogens with zero attached hydrogens (tertiary/aromatic N) is 1. The fraction of sp³-hybridized carbons (Fsp3) is 0.211. The summed E-state index contributed by atoms with van der Waals surface area (Å²) in [5.74, 6) is -1.12. The molecular weight excluding hydrogens is 361 g/mol. The van der Waals surface area contributed by atoms with Crippen molar-refractivity contribution in [2.45, 2.75) is 19.5 Å². The maximum Gasteiger partial charge on any atom is 0.416 e. The lowest BCUT2D eigenvalue weighted by atomic mass is 10.0. The first-order valence-electron chi connectivity index (χ1n) is 7.96. The minimum absolute atomic E-state index is 0.0211. The summed E-state index contributed by atoms with van der Waals surface area (Å²) in [6.07, 6.45) is -3.31. The number of esters is 1. The van der Waals surface area contributed by atoms with Crippen molar-refractivity contribution in [2.24, 2.45) is 0 Å². The lowest BCUT2D eigenvalue weighted by Crippen LogP contribution is -2.11. The Hall–Kier alpha value is -3.16. The number of methoxy groups -OCH3 is 1. The quantitative estimate of drug-likeness (QED) is 0.555. The SMILES string of the molecule is COC(=O)Cc1c(C(=O)c2cc(C)ccn2)[nH]c2cc(C(F)(F)F)ccc12. The fourth-order valence-corrected chi connectivity index (χ4v) is 2.81. The minimum atomic E-state index is -4.52. The number of hydrogen-bond acceptors (Lipinski definition) is 4. The average molecular weight is 376 g/mol. The summed E-state index contributed by atoms with van der Waals surface area (Å²) in [4.78, 5) is 31.4. The number of rotatable bonds is 4. The van der Waals surface area contributed by atoms with Crippen LogP contribution >= 0.6 is 0 Å². The molecule has 8 heteroatoms. The molecule has 0 saturated heterocycles. The van der Waals surface area contributed by atoms with Crippen LogP contribution < -0.4 is 0 Å². The van der Waals surface area contributed by atoms with Gasteiger partial charge in [0.15, 0.2) is 0 Å². The molecule has 0 aliphatic carbocycles. The summed E-state index contributed by atoms with van der Waals surface area (Å²) >= 11 is 0. The molecule has 27 heavy (non-hydrogen) atoms. The van der Waals surface area contributed by atoms with Gasteiger partial charge in [0.05, 0.1) is 24.8 Å². The maximum atomic E-state index is 13.0. The van der Waals surface area contributed by atoms with E-state index in [2.05, 4.69) is 14.7 Å². The number of fused-ring (bicyclic) bond motifs is 1. The van der Waals surface area contributed by atoms with Crippen molar-refractivity contribution in [2.75, 3.05) is 7.11 Å². The van der Waals surface area contributed by atoms with Gasteiger partial charge in [-0.15, -0.1) is 0 Å². The third kappa shape index (κ3) is 3.69. The van der Waals surface area contributed by atoms with E-state index in [0.29, 0.717) is 5.39 Å². The van der Waals surface area contributed by atoms with E-state index in [1.165, 1.54) is 19.4 Å². The van der Waals surface area contributed by atoms with Crippen LogP contribution in [-0.2, 0) is 22.1 Å². The van der Waals surface area contributed by atoms with Crippen LogP contribution in [0.5, 0.6) is 0 Å². The Morgan fingerprint density at radius 2 is 1.93 bits per heavy atom. The Morgan fingerprint density at radius 3 is 2.56 bits per heavy atom. The Labute approximate surface area is 152 Å². The molecule has 0 atom stereocenters. The van der Waals surface area contributed by atoms with Crippen molar-refractivity contribution in [3.8, 4) is 0 Å². The molecule has 2 aromatic heterocycles. The predicted molar refractivity (Wildman–Crippen MR) is 91.4 cm³/mol. The van der Waals surface area contributed by atoms with E-state index in [0.717, 1.165) is 17.7 Å². The third-order valence-electron chi connectivity index (χ3n) is 4.16. The monoisotopic (exact) mass is 376 g/mol. The van der Waals surface area contributed by atoms with Crippen LogP contribution in [0.2, 0.25) is 0 Å². The minimum Gasteiger partial charge on any atom is -0.469 e. The van der Waals surface area contributed by atoms with Crippen LogP contribution in [0.25, 0.3) is 10.9 Å². The van der Waals surface area contributed by atoms with E-state index in [4.69, 9.17) is 0 Å². The van der Waals surface area contributed by atoms with Gasteiger partial charge in [-0.1, -0.05) is 6.07 Å². The molecule has 0 bridgehead atoms. The highest BCUT2D eigenvalue weighted by atomic mass is 19.4. The highest BCUT2D eigenvalue weighted by Gasteiger charge is 2.31. The summed E-state index contributed by atoms with van der Waals surface area (Å²) in [6, 6.07) is 6.35. The smallest absolute Gasteiger partial charge is 0.416 e. The number of aryl methyl sites for hydroxylation is 1. The summed E-state index contributed by atoms with van der Waals surface area (Å²) < 4.78 is 43.6. The molecule has 0 spiro atoms. The third-order valence-corrected chi connectivity index (χ3v) is 4.16. The van der Waals surface area contributed by atoms with Crippen molar-refractivity contribution < 1.29 is 27.5 Å². The number of H-pyrrole nitrogens is 1. The normalized spacial score (nSPS) is 11.6.